The molecule has 0 spiro atoms. The van der Waals surface area contributed by atoms with Gasteiger partial charge in [0.25, 0.3) is 0 Å². The number of para-hydroxylation sites is 1. The normalized spacial score (nSPS) is 12.5. The van der Waals surface area contributed by atoms with Crippen molar-refractivity contribution in [2.24, 2.45) is 0 Å². The Morgan fingerprint density at radius 1 is 0.955 bits per heavy atom. The monoisotopic (exact) mass is 289 g/mol. The molecule has 1 N–H and O–H groups in total. The van der Waals surface area contributed by atoms with Gasteiger partial charge in [0.2, 0.25) is 5.62 Å². The van der Waals surface area contributed by atoms with Gasteiger partial charge in [0.15, 0.2) is 0 Å². The van der Waals surface area contributed by atoms with Gasteiger partial charge in [-0.25, -0.2) is 0 Å². The van der Waals surface area contributed by atoms with Gasteiger partial charge in [-0.15, -0.1) is 0 Å². The molecule has 3 aromatic rings. The summed E-state index contributed by atoms with van der Waals surface area (Å²) in [6.45, 7) is 4.24. The first-order valence-corrected chi connectivity index (χ1v) is 7.72. The maximum absolute atomic E-state index is 8.63. The molecule has 2 heterocycles. The number of benzene rings is 2. The molecule has 0 radical (unpaired) electrons. The highest BCUT2D eigenvalue weighted by atomic mass is 15.2. The van der Waals surface area contributed by atoms with Crippen molar-refractivity contribution in [3.8, 4) is 16.9 Å². The van der Waals surface area contributed by atoms with Crippen LogP contribution < -0.4 is 5.62 Å². The standard InChI is InChI=1S/C19H19N3/c1-13(2)21-12-18-16-9-5-3-7-14(16)11-15-8-4-6-10-17(15)22(18)19(21)20/h3-10,12-13,20H,11H2,1-2H3. The minimum Gasteiger partial charge on any atom is -0.314 e. The van der Waals surface area contributed by atoms with Gasteiger partial charge in [-0.05, 0) is 31.0 Å². The van der Waals surface area contributed by atoms with E-state index in [1.807, 2.05) is 4.57 Å². The van der Waals surface area contributed by atoms with Crippen LogP contribution >= 0.6 is 0 Å². The first kappa shape index (κ1) is 13.1. The van der Waals surface area contributed by atoms with Crippen LogP contribution in [0.15, 0.2) is 54.7 Å². The van der Waals surface area contributed by atoms with E-state index in [-0.39, 0.29) is 6.04 Å². The van der Waals surface area contributed by atoms with Crippen molar-refractivity contribution in [1.82, 2.24) is 9.13 Å². The predicted molar refractivity (Wildman–Crippen MR) is 88.2 cm³/mol. The van der Waals surface area contributed by atoms with E-state index in [0.29, 0.717) is 5.62 Å². The minimum atomic E-state index is 0.270. The molecule has 0 saturated carbocycles. The summed E-state index contributed by atoms with van der Waals surface area (Å²) in [5.74, 6) is 0. The summed E-state index contributed by atoms with van der Waals surface area (Å²) in [5.41, 5.74) is 6.59. The van der Waals surface area contributed by atoms with Crippen molar-refractivity contribution >= 4 is 0 Å². The number of fused-ring (bicyclic) bond motifs is 5. The van der Waals surface area contributed by atoms with Gasteiger partial charge in [0.1, 0.15) is 0 Å². The molecule has 0 aliphatic carbocycles. The molecule has 22 heavy (non-hydrogen) atoms. The van der Waals surface area contributed by atoms with Crippen LogP contribution in [-0.4, -0.2) is 9.13 Å². The summed E-state index contributed by atoms with van der Waals surface area (Å²) in [6.07, 6.45) is 3.03. The Morgan fingerprint density at radius 3 is 2.41 bits per heavy atom. The molecule has 0 fully saturated rings. The second-order valence-electron chi connectivity index (χ2n) is 6.14. The summed E-state index contributed by atoms with van der Waals surface area (Å²) in [6, 6.07) is 17.2. The summed E-state index contributed by atoms with van der Waals surface area (Å²) in [4.78, 5) is 0. The lowest BCUT2D eigenvalue weighted by atomic mass is 9.99. The van der Waals surface area contributed by atoms with Gasteiger partial charge in [-0.1, -0.05) is 42.5 Å². The fraction of sp³-hybridized carbons (Fsp3) is 0.211. The molecule has 3 heteroatoms. The zero-order valence-corrected chi connectivity index (χ0v) is 12.9. The van der Waals surface area contributed by atoms with Crippen LogP contribution in [0.3, 0.4) is 0 Å². The number of nitrogens with one attached hydrogen (secondary N) is 1. The van der Waals surface area contributed by atoms with E-state index in [9.17, 15) is 0 Å². The molecule has 0 saturated heterocycles. The third kappa shape index (κ3) is 1.78. The molecular formula is C19H19N3. The van der Waals surface area contributed by atoms with Crippen LogP contribution in [0.2, 0.25) is 0 Å². The predicted octanol–water partition coefficient (Wildman–Crippen LogP) is 3.91. The minimum absolute atomic E-state index is 0.270. The molecule has 0 unspecified atom stereocenters. The molecule has 1 aromatic heterocycles. The molecule has 4 rings (SSSR count). The highest BCUT2D eigenvalue weighted by Crippen LogP contribution is 2.33. The second-order valence-corrected chi connectivity index (χ2v) is 6.14. The van der Waals surface area contributed by atoms with Crippen molar-refractivity contribution < 1.29 is 0 Å². The summed E-state index contributed by atoms with van der Waals surface area (Å²) >= 11 is 0. The van der Waals surface area contributed by atoms with E-state index in [0.717, 1.165) is 17.8 Å². The van der Waals surface area contributed by atoms with E-state index < -0.39 is 0 Å². The number of rotatable bonds is 1. The summed E-state index contributed by atoms with van der Waals surface area (Å²) < 4.78 is 4.12. The number of aromatic nitrogens is 2. The molecule has 2 aromatic carbocycles. The summed E-state index contributed by atoms with van der Waals surface area (Å²) in [5, 5.41) is 8.63. The lowest BCUT2D eigenvalue weighted by Gasteiger charge is -2.10. The second kappa shape index (κ2) is 4.73. The Morgan fingerprint density at radius 2 is 1.64 bits per heavy atom. The maximum Gasteiger partial charge on any atom is 0.207 e. The summed E-state index contributed by atoms with van der Waals surface area (Å²) in [7, 11) is 0. The number of hydrogen-bond donors (Lipinski definition) is 1. The lowest BCUT2D eigenvalue weighted by Crippen LogP contribution is -2.25. The van der Waals surface area contributed by atoms with Crippen LogP contribution in [0.1, 0.15) is 31.0 Å². The zero-order chi connectivity index (χ0) is 15.3. The van der Waals surface area contributed by atoms with Crippen molar-refractivity contribution in [1.29, 1.82) is 5.41 Å². The van der Waals surface area contributed by atoms with Gasteiger partial charge in [0.05, 0.1) is 11.4 Å². The van der Waals surface area contributed by atoms with Crippen molar-refractivity contribution in [3.05, 3.63) is 71.5 Å². The number of imidazole rings is 1. The average molecular weight is 289 g/mol. The topological polar surface area (TPSA) is 33.7 Å². The quantitative estimate of drug-likeness (QED) is 0.551. The Bertz CT molecular complexity index is 912. The van der Waals surface area contributed by atoms with Gasteiger partial charge in [-0.2, -0.15) is 0 Å². The average Bonchev–Trinajstić information content (AvgIpc) is 2.79. The lowest BCUT2D eigenvalue weighted by molar-refractivity contribution is 0.557. The third-order valence-electron chi connectivity index (χ3n) is 4.42. The van der Waals surface area contributed by atoms with Crippen molar-refractivity contribution in [2.75, 3.05) is 0 Å². The largest absolute Gasteiger partial charge is 0.314 e. The van der Waals surface area contributed by atoms with Crippen molar-refractivity contribution in [3.63, 3.8) is 0 Å². The van der Waals surface area contributed by atoms with E-state index in [1.165, 1.54) is 16.7 Å². The Labute approximate surface area is 130 Å². The fourth-order valence-electron chi connectivity index (χ4n) is 3.32. The number of nitrogens with zero attached hydrogens (tertiary/aromatic N) is 2. The molecule has 1 aliphatic heterocycles. The number of hydrogen-bond acceptors (Lipinski definition) is 1. The molecule has 0 amide bonds. The van der Waals surface area contributed by atoms with Crippen LogP contribution in [-0.2, 0) is 6.42 Å². The zero-order valence-electron chi connectivity index (χ0n) is 12.9. The molecule has 0 bridgehead atoms. The highest BCUT2D eigenvalue weighted by molar-refractivity contribution is 5.69. The van der Waals surface area contributed by atoms with Crippen LogP contribution in [0.4, 0.5) is 0 Å². The Hall–Kier alpha value is -2.55. The first-order chi connectivity index (χ1) is 10.7. The van der Waals surface area contributed by atoms with E-state index in [1.54, 1.807) is 0 Å². The smallest absolute Gasteiger partial charge is 0.207 e. The Balaban J connectivity index is 2.15. The first-order valence-electron chi connectivity index (χ1n) is 7.72. The van der Waals surface area contributed by atoms with E-state index >= 15 is 0 Å². The van der Waals surface area contributed by atoms with E-state index in [4.69, 9.17) is 5.41 Å². The van der Waals surface area contributed by atoms with Gasteiger partial charge in [-0.3, -0.25) is 9.98 Å². The highest BCUT2D eigenvalue weighted by Gasteiger charge is 2.21. The molecular weight excluding hydrogens is 270 g/mol. The van der Waals surface area contributed by atoms with Gasteiger partial charge < -0.3 is 4.57 Å². The third-order valence-corrected chi connectivity index (χ3v) is 4.42. The van der Waals surface area contributed by atoms with Crippen molar-refractivity contribution in [2.45, 2.75) is 26.3 Å². The van der Waals surface area contributed by atoms with Crippen LogP contribution in [0.5, 0.6) is 0 Å². The molecule has 110 valence electrons. The van der Waals surface area contributed by atoms with Gasteiger partial charge in [0, 0.05) is 24.2 Å². The molecule has 1 aliphatic rings. The maximum atomic E-state index is 8.63. The SMILES string of the molecule is CC(C)n1cc2n(c1=N)-c1ccccc1Cc1ccccc1-2. The van der Waals surface area contributed by atoms with Crippen LogP contribution in [0, 0.1) is 5.41 Å². The Kier molecular flexibility index (Phi) is 2.83. The van der Waals surface area contributed by atoms with Crippen LogP contribution in [0.25, 0.3) is 16.9 Å². The molecule has 3 nitrogen and oxygen atoms in total. The van der Waals surface area contributed by atoms with Gasteiger partial charge >= 0.3 is 0 Å². The molecule has 0 atom stereocenters. The van der Waals surface area contributed by atoms with E-state index in [2.05, 4.69) is 73.1 Å². The fourth-order valence-corrected chi connectivity index (χ4v) is 3.32.